The number of nitrogens with one attached hydrogen (secondary N) is 1. The largest absolute Gasteiger partial charge is 0.366 e. The fourth-order valence-corrected chi connectivity index (χ4v) is 3.85. The molecule has 2 fully saturated rings. The quantitative estimate of drug-likeness (QED) is 0.668. The number of carbonyl (C=O) groups excluding carboxylic acids is 1. The molecule has 1 aliphatic carbocycles. The highest BCUT2D eigenvalue weighted by Crippen LogP contribution is 2.31. The molecule has 1 amide bonds. The van der Waals surface area contributed by atoms with Crippen molar-refractivity contribution in [2.75, 3.05) is 18.0 Å². The summed E-state index contributed by atoms with van der Waals surface area (Å²) in [6.07, 6.45) is 6.84. The van der Waals surface area contributed by atoms with Crippen molar-refractivity contribution in [3.8, 4) is 0 Å². The minimum atomic E-state index is -0.480. The summed E-state index contributed by atoms with van der Waals surface area (Å²) < 4.78 is 13.5. The maximum atomic E-state index is 13.5. The number of benzene rings is 1. The maximum Gasteiger partial charge on any atom is 0.292 e. The number of hydrogen-bond donors (Lipinski definition) is 1. The molecule has 0 atom stereocenters. The minimum Gasteiger partial charge on any atom is -0.366 e. The summed E-state index contributed by atoms with van der Waals surface area (Å²) in [5, 5.41) is 14.3. The molecule has 3 rings (SSSR count). The molecule has 0 aromatic heterocycles. The van der Waals surface area contributed by atoms with Crippen LogP contribution in [-0.4, -0.2) is 30.0 Å². The van der Waals surface area contributed by atoms with Gasteiger partial charge in [0.05, 0.1) is 4.92 Å². The Bertz CT molecular complexity index is 638. The topological polar surface area (TPSA) is 75.5 Å². The maximum absolute atomic E-state index is 13.5. The summed E-state index contributed by atoms with van der Waals surface area (Å²) in [7, 11) is 0. The summed E-state index contributed by atoms with van der Waals surface area (Å²) in [6, 6.07) is 3.64. The monoisotopic (exact) mass is 349 g/mol. The molecular formula is C18H24FN3O3. The van der Waals surface area contributed by atoms with Gasteiger partial charge < -0.3 is 10.2 Å². The molecule has 6 nitrogen and oxygen atoms in total. The van der Waals surface area contributed by atoms with E-state index in [0.29, 0.717) is 31.6 Å². The lowest BCUT2D eigenvalue weighted by molar-refractivity contribution is -0.384. The van der Waals surface area contributed by atoms with Gasteiger partial charge in [0.15, 0.2) is 0 Å². The SMILES string of the molecule is O=C(NC1CCN(c2cc(F)ccc2[N+](=O)[O-])CC1)C1CCCCC1. The van der Waals surface area contributed by atoms with Crippen molar-refractivity contribution in [1.29, 1.82) is 0 Å². The molecule has 0 bridgehead atoms. The highest BCUT2D eigenvalue weighted by atomic mass is 19.1. The molecule has 7 heteroatoms. The molecule has 1 N–H and O–H groups in total. The van der Waals surface area contributed by atoms with E-state index in [1.165, 1.54) is 18.6 Å². The van der Waals surface area contributed by atoms with Gasteiger partial charge in [-0.15, -0.1) is 0 Å². The molecule has 1 saturated carbocycles. The van der Waals surface area contributed by atoms with Gasteiger partial charge in [-0.05, 0) is 31.7 Å². The number of rotatable bonds is 4. The average Bonchev–Trinajstić information content (AvgIpc) is 2.62. The van der Waals surface area contributed by atoms with E-state index in [2.05, 4.69) is 5.32 Å². The second-order valence-corrected chi connectivity index (χ2v) is 6.99. The van der Waals surface area contributed by atoms with Crippen LogP contribution in [0.5, 0.6) is 0 Å². The van der Waals surface area contributed by atoms with Crippen LogP contribution in [0.25, 0.3) is 0 Å². The molecule has 2 aliphatic rings. The predicted octanol–water partition coefficient (Wildman–Crippen LogP) is 3.40. The van der Waals surface area contributed by atoms with Gasteiger partial charge in [0, 0.05) is 37.2 Å². The van der Waals surface area contributed by atoms with Gasteiger partial charge in [0.1, 0.15) is 11.5 Å². The summed E-state index contributed by atoms with van der Waals surface area (Å²) in [4.78, 5) is 24.9. The molecule has 0 spiro atoms. The number of nitrogens with zero attached hydrogens (tertiary/aromatic N) is 2. The first-order valence-electron chi connectivity index (χ1n) is 9.04. The van der Waals surface area contributed by atoms with Gasteiger partial charge in [-0.2, -0.15) is 0 Å². The molecular weight excluding hydrogens is 325 g/mol. The van der Waals surface area contributed by atoms with Gasteiger partial charge in [0.2, 0.25) is 5.91 Å². The lowest BCUT2D eigenvalue weighted by Crippen LogP contribution is -2.46. The van der Waals surface area contributed by atoms with Crippen LogP contribution in [-0.2, 0) is 4.79 Å². The van der Waals surface area contributed by atoms with E-state index in [1.54, 1.807) is 0 Å². The Hall–Kier alpha value is -2.18. The summed E-state index contributed by atoms with van der Waals surface area (Å²) in [5.74, 6) is -0.195. The van der Waals surface area contributed by atoms with Crippen molar-refractivity contribution in [2.24, 2.45) is 5.92 Å². The molecule has 1 aromatic rings. The first-order chi connectivity index (χ1) is 12.0. The molecule has 1 heterocycles. The Balaban J connectivity index is 1.58. The second kappa shape index (κ2) is 7.80. The van der Waals surface area contributed by atoms with Crippen LogP contribution < -0.4 is 10.2 Å². The Labute approximate surface area is 146 Å². The van der Waals surface area contributed by atoms with Crippen molar-refractivity contribution < 1.29 is 14.1 Å². The molecule has 1 aliphatic heterocycles. The number of nitro groups is 1. The number of carbonyl (C=O) groups is 1. The zero-order chi connectivity index (χ0) is 17.8. The zero-order valence-corrected chi connectivity index (χ0v) is 14.2. The Morgan fingerprint density at radius 3 is 2.48 bits per heavy atom. The van der Waals surface area contributed by atoms with Gasteiger partial charge in [0.25, 0.3) is 5.69 Å². The Morgan fingerprint density at radius 1 is 1.16 bits per heavy atom. The summed E-state index contributed by atoms with van der Waals surface area (Å²) in [6.45, 7) is 1.14. The third-order valence-corrected chi connectivity index (χ3v) is 5.29. The van der Waals surface area contributed by atoms with Gasteiger partial charge >= 0.3 is 0 Å². The van der Waals surface area contributed by atoms with Crippen molar-refractivity contribution in [3.05, 3.63) is 34.1 Å². The van der Waals surface area contributed by atoms with E-state index >= 15 is 0 Å². The highest BCUT2D eigenvalue weighted by molar-refractivity contribution is 5.79. The number of halogens is 1. The second-order valence-electron chi connectivity index (χ2n) is 6.99. The zero-order valence-electron chi connectivity index (χ0n) is 14.2. The first-order valence-corrected chi connectivity index (χ1v) is 9.04. The van der Waals surface area contributed by atoms with Crippen molar-refractivity contribution in [3.63, 3.8) is 0 Å². The Kier molecular flexibility index (Phi) is 5.50. The average molecular weight is 349 g/mol. The van der Waals surface area contributed by atoms with E-state index in [0.717, 1.165) is 31.7 Å². The third-order valence-electron chi connectivity index (χ3n) is 5.29. The van der Waals surface area contributed by atoms with E-state index in [-0.39, 0.29) is 23.6 Å². The number of anilines is 1. The van der Waals surface area contributed by atoms with E-state index in [9.17, 15) is 19.3 Å². The lowest BCUT2D eigenvalue weighted by Gasteiger charge is -2.34. The first kappa shape index (κ1) is 17.6. The van der Waals surface area contributed by atoms with Crippen LogP contribution in [0.2, 0.25) is 0 Å². The molecule has 0 radical (unpaired) electrons. The van der Waals surface area contributed by atoms with Crippen LogP contribution >= 0.6 is 0 Å². The van der Waals surface area contributed by atoms with Gasteiger partial charge in [-0.25, -0.2) is 4.39 Å². The van der Waals surface area contributed by atoms with E-state index < -0.39 is 10.7 Å². The van der Waals surface area contributed by atoms with Crippen molar-refractivity contribution in [1.82, 2.24) is 5.32 Å². The van der Waals surface area contributed by atoms with E-state index in [4.69, 9.17) is 0 Å². The molecule has 136 valence electrons. The molecule has 0 unspecified atom stereocenters. The molecule has 1 saturated heterocycles. The third kappa shape index (κ3) is 4.27. The van der Waals surface area contributed by atoms with Crippen LogP contribution in [0.3, 0.4) is 0 Å². The van der Waals surface area contributed by atoms with Crippen LogP contribution in [0.4, 0.5) is 15.8 Å². The summed E-state index contributed by atoms with van der Waals surface area (Å²) >= 11 is 0. The predicted molar refractivity (Wildman–Crippen MR) is 93.0 cm³/mol. The number of amides is 1. The molecule has 1 aromatic carbocycles. The number of piperidine rings is 1. The standard InChI is InChI=1S/C18H24FN3O3/c19-14-6-7-16(22(24)25)17(12-14)21-10-8-15(9-11-21)20-18(23)13-4-2-1-3-5-13/h6-7,12-13,15H,1-5,8-11H2,(H,20,23). The smallest absolute Gasteiger partial charge is 0.292 e. The minimum absolute atomic E-state index is 0.0777. The summed E-state index contributed by atoms with van der Waals surface area (Å²) in [5.41, 5.74) is 0.244. The molecule has 25 heavy (non-hydrogen) atoms. The Morgan fingerprint density at radius 2 is 1.84 bits per heavy atom. The highest BCUT2D eigenvalue weighted by Gasteiger charge is 2.28. The van der Waals surface area contributed by atoms with Crippen LogP contribution in [0, 0.1) is 21.8 Å². The van der Waals surface area contributed by atoms with Crippen LogP contribution in [0.15, 0.2) is 18.2 Å². The van der Waals surface area contributed by atoms with Gasteiger partial charge in [-0.1, -0.05) is 19.3 Å². The fraction of sp³-hybridized carbons (Fsp3) is 0.611. The van der Waals surface area contributed by atoms with Crippen molar-refractivity contribution >= 4 is 17.3 Å². The number of hydrogen-bond acceptors (Lipinski definition) is 4. The fourth-order valence-electron chi connectivity index (χ4n) is 3.85. The van der Waals surface area contributed by atoms with Crippen molar-refractivity contribution in [2.45, 2.75) is 51.0 Å². The number of nitro benzene ring substituents is 1. The van der Waals surface area contributed by atoms with Gasteiger partial charge in [-0.3, -0.25) is 14.9 Å². The normalized spacial score (nSPS) is 19.6. The van der Waals surface area contributed by atoms with Crippen LogP contribution in [0.1, 0.15) is 44.9 Å². The van der Waals surface area contributed by atoms with E-state index in [1.807, 2.05) is 4.90 Å². The lowest BCUT2D eigenvalue weighted by atomic mass is 9.88.